The minimum Gasteiger partial charge on any atom is -0.352 e. The van der Waals surface area contributed by atoms with Crippen molar-refractivity contribution < 1.29 is 4.79 Å². The van der Waals surface area contributed by atoms with Gasteiger partial charge in [-0.3, -0.25) is 4.79 Å². The summed E-state index contributed by atoms with van der Waals surface area (Å²) >= 11 is 6.14. The van der Waals surface area contributed by atoms with E-state index in [4.69, 9.17) is 17.3 Å². The molecule has 1 aliphatic carbocycles. The zero-order chi connectivity index (χ0) is 15.2. The van der Waals surface area contributed by atoms with Gasteiger partial charge in [0, 0.05) is 17.7 Å². The zero-order valence-electron chi connectivity index (χ0n) is 12.3. The molecular weight excluding hydrogens is 284 g/mol. The number of nitrogens with two attached hydrogens (primary N) is 1. The van der Waals surface area contributed by atoms with Crippen LogP contribution in [0.1, 0.15) is 42.1 Å². The summed E-state index contributed by atoms with van der Waals surface area (Å²) in [5, 5.41) is 3.49. The predicted octanol–water partition coefficient (Wildman–Crippen LogP) is 2.82. The van der Waals surface area contributed by atoms with Crippen molar-refractivity contribution in [2.24, 2.45) is 17.6 Å². The van der Waals surface area contributed by atoms with Gasteiger partial charge in [-0.1, -0.05) is 43.2 Å². The Kier molecular flexibility index (Phi) is 5.67. The topological polar surface area (TPSA) is 55.1 Å². The molecule has 3 N–H and O–H groups in total. The molecule has 1 amide bonds. The molecule has 1 aromatic rings. The zero-order valence-corrected chi connectivity index (χ0v) is 13.0. The molecule has 0 heterocycles. The van der Waals surface area contributed by atoms with Gasteiger partial charge in [0.1, 0.15) is 0 Å². The average molecular weight is 305 g/mol. The predicted molar refractivity (Wildman–Crippen MR) is 86.2 cm³/mol. The molecule has 0 aromatic heterocycles. The van der Waals surface area contributed by atoms with Gasteiger partial charge >= 0.3 is 0 Å². The fraction of sp³-hybridized carbons (Fsp3) is 0.471. The number of hydrogen-bond donors (Lipinski definition) is 2. The third-order valence-electron chi connectivity index (χ3n) is 4.12. The summed E-state index contributed by atoms with van der Waals surface area (Å²) in [5.74, 6) is 6.86. The minimum absolute atomic E-state index is 0.0747. The van der Waals surface area contributed by atoms with E-state index in [1.54, 1.807) is 18.2 Å². The van der Waals surface area contributed by atoms with E-state index in [1.807, 2.05) is 0 Å². The SMILES string of the molecule is CC1CCCC1CNC(=O)c1ccc(C#CCN)c(Cl)c1. The van der Waals surface area contributed by atoms with Crippen molar-refractivity contribution in [3.05, 3.63) is 34.3 Å². The molecule has 3 nitrogen and oxygen atoms in total. The summed E-state index contributed by atoms with van der Waals surface area (Å²) in [6.07, 6.45) is 3.73. The first-order valence-corrected chi connectivity index (χ1v) is 7.76. The van der Waals surface area contributed by atoms with Crippen molar-refractivity contribution in [2.75, 3.05) is 13.1 Å². The van der Waals surface area contributed by atoms with Gasteiger partial charge < -0.3 is 11.1 Å². The summed E-state index contributed by atoms with van der Waals surface area (Å²) in [4.78, 5) is 12.2. The van der Waals surface area contributed by atoms with E-state index in [-0.39, 0.29) is 12.5 Å². The molecule has 0 spiro atoms. The Morgan fingerprint density at radius 2 is 2.29 bits per heavy atom. The summed E-state index contributed by atoms with van der Waals surface area (Å²) in [6.45, 7) is 3.29. The molecule has 4 heteroatoms. The maximum atomic E-state index is 12.2. The molecular formula is C17H21ClN2O. The van der Waals surface area contributed by atoms with E-state index >= 15 is 0 Å². The Hall–Kier alpha value is -1.50. The molecule has 1 aromatic carbocycles. The molecule has 1 fully saturated rings. The van der Waals surface area contributed by atoms with E-state index in [1.165, 1.54) is 19.3 Å². The third-order valence-corrected chi connectivity index (χ3v) is 4.43. The lowest BCUT2D eigenvalue weighted by molar-refractivity contribution is 0.0944. The second kappa shape index (κ2) is 7.49. The molecule has 2 rings (SSSR count). The lowest BCUT2D eigenvalue weighted by Crippen LogP contribution is -2.30. The molecule has 21 heavy (non-hydrogen) atoms. The van der Waals surface area contributed by atoms with Crippen LogP contribution in [0.15, 0.2) is 18.2 Å². The second-order valence-electron chi connectivity index (χ2n) is 5.58. The minimum atomic E-state index is -0.0747. The highest BCUT2D eigenvalue weighted by atomic mass is 35.5. The van der Waals surface area contributed by atoms with Crippen molar-refractivity contribution in [2.45, 2.75) is 26.2 Å². The van der Waals surface area contributed by atoms with Crippen LogP contribution in [0, 0.1) is 23.7 Å². The van der Waals surface area contributed by atoms with Crippen molar-refractivity contribution in [3.8, 4) is 11.8 Å². The quantitative estimate of drug-likeness (QED) is 0.844. The summed E-state index contributed by atoms with van der Waals surface area (Å²) in [5.41, 5.74) is 6.60. The number of hydrogen-bond acceptors (Lipinski definition) is 2. The average Bonchev–Trinajstić information content (AvgIpc) is 2.88. The fourth-order valence-electron chi connectivity index (χ4n) is 2.76. The lowest BCUT2D eigenvalue weighted by atomic mass is 9.98. The molecule has 0 saturated heterocycles. The van der Waals surface area contributed by atoms with E-state index in [0.29, 0.717) is 28.0 Å². The normalized spacial score (nSPS) is 20.7. The number of carbonyl (C=O) groups excluding carboxylic acids is 1. The number of rotatable bonds is 3. The van der Waals surface area contributed by atoms with Gasteiger partial charge in [0.15, 0.2) is 0 Å². The van der Waals surface area contributed by atoms with Crippen LogP contribution in [0.25, 0.3) is 0 Å². The standard InChI is InChI=1S/C17H21ClN2O/c1-12-4-2-5-15(12)11-20-17(21)14-8-7-13(6-3-9-19)16(18)10-14/h7-8,10,12,15H,2,4-5,9,11,19H2,1H3,(H,20,21). The second-order valence-corrected chi connectivity index (χ2v) is 5.99. The van der Waals surface area contributed by atoms with E-state index in [0.717, 1.165) is 6.54 Å². The molecule has 0 aliphatic heterocycles. The molecule has 112 valence electrons. The Morgan fingerprint density at radius 3 is 2.90 bits per heavy atom. The highest BCUT2D eigenvalue weighted by Gasteiger charge is 2.23. The molecule has 1 saturated carbocycles. The summed E-state index contributed by atoms with van der Waals surface area (Å²) in [6, 6.07) is 5.17. The number of nitrogens with one attached hydrogen (secondary N) is 1. The van der Waals surface area contributed by atoms with Crippen molar-refractivity contribution in [3.63, 3.8) is 0 Å². The van der Waals surface area contributed by atoms with Crippen molar-refractivity contribution in [1.82, 2.24) is 5.32 Å². The number of halogens is 1. The van der Waals surface area contributed by atoms with Gasteiger partial charge in [0.2, 0.25) is 0 Å². The lowest BCUT2D eigenvalue weighted by Gasteiger charge is -2.16. The van der Waals surface area contributed by atoms with Crippen LogP contribution in [0.2, 0.25) is 5.02 Å². The van der Waals surface area contributed by atoms with Crippen molar-refractivity contribution in [1.29, 1.82) is 0 Å². The Morgan fingerprint density at radius 1 is 1.48 bits per heavy atom. The van der Waals surface area contributed by atoms with Gasteiger partial charge in [-0.15, -0.1) is 0 Å². The largest absolute Gasteiger partial charge is 0.352 e. The Bertz CT molecular complexity index is 574. The van der Waals surface area contributed by atoms with E-state index in [2.05, 4.69) is 24.1 Å². The van der Waals surface area contributed by atoms with Crippen LogP contribution >= 0.6 is 11.6 Å². The maximum absolute atomic E-state index is 12.2. The van der Waals surface area contributed by atoms with Gasteiger partial charge in [0.05, 0.1) is 11.6 Å². The number of carbonyl (C=O) groups is 1. The molecule has 2 atom stereocenters. The number of benzene rings is 1. The van der Waals surface area contributed by atoms with Crippen LogP contribution in [-0.4, -0.2) is 19.0 Å². The molecule has 0 radical (unpaired) electrons. The van der Waals surface area contributed by atoms with Crippen LogP contribution in [0.5, 0.6) is 0 Å². The van der Waals surface area contributed by atoms with Gasteiger partial charge in [0.25, 0.3) is 5.91 Å². The van der Waals surface area contributed by atoms with E-state index in [9.17, 15) is 4.79 Å². The first kappa shape index (κ1) is 15.9. The summed E-state index contributed by atoms with van der Waals surface area (Å²) in [7, 11) is 0. The van der Waals surface area contributed by atoms with Gasteiger partial charge in [-0.05, 0) is 36.5 Å². The molecule has 1 aliphatic rings. The molecule has 2 unspecified atom stereocenters. The monoisotopic (exact) mass is 304 g/mol. The smallest absolute Gasteiger partial charge is 0.251 e. The number of amides is 1. The van der Waals surface area contributed by atoms with Crippen LogP contribution in [0.3, 0.4) is 0 Å². The highest BCUT2D eigenvalue weighted by Crippen LogP contribution is 2.30. The van der Waals surface area contributed by atoms with Crippen LogP contribution in [0.4, 0.5) is 0 Å². The third kappa shape index (κ3) is 4.23. The van der Waals surface area contributed by atoms with Gasteiger partial charge in [-0.25, -0.2) is 0 Å². The maximum Gasteiger partial charge on any atom is 0.251 e. The van der Waals surface area contributed by atoms with Crippen molar-refractivity contribution >= 4 is 17.5 Å². The highest BCUT2D eigenvalue weighted by molar-refractivity contribution is 6.32. The first-order valence-electron chi connectivity index (χ1n) is 7.38. The van der Waals surface area contributed by atoms with E-state index < -0.39 is 0 Å². The van der Waals surface area contributed by atoms with Gasteiger partial charge in [-0.2, -0.15) is 0 Å². The first-order chi connectivity index (χ1) is 10.1. The Balaban J connectivity index is 1.97. The fourth-order valence-corrected chi connectivity index (χ4v) is 2.98. The van der Waals surface area contributed by atoms with Crippen LogP contribution < -0.4 is 11.1 Å². The summed E-state index contributed by atoms with van der Waals surface area (Å²) < 4.78 is 0. The Labute approximate surface area is 131 Å². The molecule has 0 bridgehead atoms. The van der Waals surface area contributed by atoms with Crippen LogP contribution in [-0.2, 0) is 0 Å².